The highest BCUT2D eigenvalue weighted by Crippen LogP contribution is 2.32. The standard InChI is InChI=1S/C21H19F3N4O4S/c1-21(23,24)20(30)27-16(19-25-14-4-2-3-5-15(14)26-19)9-11-6-7-12(13(22)8-11)17-10-18(29)28-33(17,31)32/h2-8,16-17H,9-10H2,1H3,(H,25,26)(H,27,30)(H,28,29)/t16-,17?/m0/s1. The van der Waals surface area contributed by atoms with E-state index in [9.17, 15) is 31.2 Å². The Morgan fingerprint density at radius 3 is 2.61 bits per heavy atom. The van der Waals surface area contributed by atoms with Crippen LogP contribution in [0.1, 0.15) is 41.6 Å². The summed E-state index contributed by atoms with van der Waals surface area (Å²) in [4.78, 5) is 30.7. The maximum atomic E-state index is 14.8. The molecule has 0 radical (unpaired) electrons. The number of benzene rings is 2. The highest BCUT2D eigenvalue weighted by molar-refractivity contribution is 7.90. The molecule has 2 aromatic carbocycles. The molecule has 0 spiro atoms. The number of rotatable bonds is 6. The van der Waals surface area contributed by atoms with Gasteiger partial charge in [0.1, 0.15) is 16.9 Å². The summed E-state index contributed by atoms with van der Waals surface area (Å²) >= 11 is 0. The molecule has 0 bridgehead atoms. The van der Waals surface area contributed by atoms with E-state index in [0.29, 0.717) is 23.5 Å². The Balaban J connectivity index is 1.65. The van der Waals surface area contributed by atoms with Gasteiger partial charge < -0.3 is 10.3 Å². The summed E-state index contributed by atoms with van der Waals surface area (Å²) in [5.41, 5.74) is 1.30. The number of imidazole rings is 1. The number of nitrogens with zero attached hydrogens (tertiary/aromatic N) is 1. The SMILES string of the molecule is CC(F)(F)C(=O)N[C@@H](Cc1ccc(C2CC(=O)NS2(=O)=O)c(F)c1)c1nc2ccccc2[nH]1. The molecule has 4 rings (SSSR count). The zero-order valence-electron chi connectivity index (χ0n) is 17.2. The minimum Gasteiger partial charge on any atom is -0.341 e. The van der Waals surface area contributed by atoms with Crippen LogP contribution in [0.5, 0.6) is 0 Å². The Bertz CT molecular complexity index is 1320. The summed E-state index contributed by atoms with van der Waals surface area (Å²) in [6.07, 6.45) is -0.505. The fraction of sp³-hybridized carbons (Fsp3) is 0.286. The molecule has 1 aliphatic rings. The van der Waals surface area contributed by atoms with Gasteiger partial charge in [-0.25, -0.2) is 17.8 Å². The Kier molecular flexibility index (Phi) is 5.64. The van der Waals surface area contributed by atoms with E-state index in [4.69, 9.17) is 0 Å². The summed E-state index contributed by atoms with van der Waals surface area (Å²) in [5.74, 6) is -6.56. The van der Waals surface area contributed by atoms with Gasteiger partial charge in [-0.05, 0) is 30.2 Å². The first-order valence-corrected chi connectivity index (χ1v) is 11.4. The molecule has 3 aromatic rings. The van der Waals surface area contributed by atoms with Crippen LogP contribution in [-0.4, -0.2) is 36.1 Å². The van der Waals surface area contributed by atoms with E-state index in [1.807, 2.05) is 4.72 Å². The molecule has 3 N–H and O–H groups in total. The number of carbonyl (C=O) groups is 2. The summed E-state index contributed by atoms with van der Waals surface area (Å²) in [6.45, 7) is 0.462. The van der Waals surface area contributed by atoms with E-state index in [2.05, 4.69) is 15.3 Å². The Morgan fingerprint density at radius 1 is 1.27 bits per heavy atom. The van der Waals surface area contributed by atoms with Gasteiger partial charge in [0.25, 0.3) is 5.91 Å². The van der Waals surface area contributed by atoms with Gasteiger partial charge in [0.2, 0.25) is 15.9 Å². The van der Waals surface area contributed by atoms with E-state index in [1.165, 1.54) is 12.1 Å². The molecule has 1 fully saturated rings. The average molecular weight is 480 g/mol. The maximum Gasteiger partial charge on any atom is 0.321 e. The third-order valence-corrected chi connectivity index (χ3v) is 6.98. The van der Waals surface area contributed by atoms with Crippen LogP contribution in [0.4, 0.5) is 13.2 Å². The van der Waals surface area contributed by atoms with Crippen molar-refractivity contribution in [2.24, 2.45) is 0 Å². The van der Waals surface area contributed by atoms with Gasteiger partial charge in [-0.2, -0.15) is 8.78 Å². The van der Waals surface area contributed by atoms with Crippen LogP contribution >= 0.6 is 0 Å². The van der Waals surface area contributed by atoms with E-state index in [-0.39, 0.29) is 17.8 Å². The summed E-state index contributed by atoms with van der Waals surface area (Å²) in [5, 5.41) is 0.877. The number of nitrogens with one attached hydrogen (secondary N) is 3. The number of para-hydroxylation sites is 2. The maximum absolute atomic E-state index is 14.8. The predicted molar refractivity (Wildman–Crippen MR) is 112 cm³/mol. The van der Waals surface area contributed by atoms with Crippen LogP contribution in [0.15, 0.2) is 42.5 Å². The van der Waals surface area contributed by atoms with Gasteiger partial charge in [-0.3, -0.25) is 14.3 Å². The van der Waals surface area contributed by atoms with Crippen molar-refractivity contribution in [3.05, 3.63) is 65.2 Å². The van der Waals surface area contributed by atoms with Gasteiger partial charge >= 0.3 is 5.92 Å². The number of hydrogen-bond acceptors (Lipinski definition) is 5. The predicted octanol–water partition coefficient (Wildman–Crippen LogP) is 2.65. The fourth-order valence-corrected chi connectivity index (χ4v) is 5.10. The second-order valence-corrected chi connectivity index (χ2v) is 9.74. The van der Waals surface area contributed by atoms with E-state index < -0.39 is 51.3 Å². The van der Waals surface area contributed by atoms with Crippen molar-refractivity contribution < 1.29 is 31.2 Å². The van der Waals surface area contributed by atoms with E-state index in [1.54, 1.807) is 24.3 Å². The topological polar surface area (TPSA) is 121 Å². The summed E-state index contributed by atoms with van der Waals surface area (Å²) in [7, 11) is -4.03. The minimum atomic E-state index is -4.03. The molecule has 0 aliphatic carbocycles. The van der Waals surface area contributed by atoms with Crippen molar-refractivity contribution in [1.82, 2.24) is 20.0 Å². The quantitative estimate of drug-likeness (QED) is 0.501. The zero-order valence-corrected chi connectivity index (χ0v) is 18.0. The number of H-pyrrole nitrogens is 1. The first-order chi connectivity index (χ1) is 15.4. The molecule has 33 heavy (non-hydrogen) atoms. The van der Waals surface area contributed by atoms with Gasteiger partial charge in [-0.15, -0.1) is 0 Å². The first-order valence-electron chi connectivity index (χ1n) is 9.90. The number of aromatic amines is 1. The van der Waals surface area contributed by atoms with Crippen molar-refractivity contribution in [2.45, 2.75) is 37.0 Å². The van der Waals surface area contributed by atoms with Gasteiger partial charge in [-0.1, -0.05) is 24.3 Å². The molecular weight excluding hydrogens is 461 g/mol. The molecule has 2 atom stereocenters. The molecular formula is C21H19F3N4O4S. The highest BCUT2D eigenvalue weighted by Gasteiger charge is 2.39. The first kappa shape index (κ1) is 22.8. The Hall–Kier alpha value is -3.41. The number of alkyl halides is 2. The molecule has 1 unspecified atom stereocenters. The van der Waals surface area contributed by atoms with Crippen molar-refractivity contribution >= 4 is 32.9 Å². The third-order valence-electron chi connectivity index (χ3n) is 5.29. The lowest BCUT2D eigenvalue weighted by molar-refractivity contribution is -0.143. The lowest BCUT2D eigenvalue weighted by atomic mass is 10.0. The van der Waals surface area contributed by atoms with Crippen LogP contribution < -0.4 is 10.0 Å². The van der Waals surface area contributed by atoms with E-state index >= 15 is 0 Å². The van der Waals surface area contributed by atoms with Crippen LogP contribution in [0.3, 0.4) is 0 Å². The highest BCUT2D eigenvalue weighted by atomic mass is 32.2. The number of hydrogen-bond donors (Lipinski definition) is 3. The zero-order chi connectivity index (χ0) is 24.0. The molecule has 1 saturated heterocycles. The van der Waals surface area contributed by atoms with Gasteiger partial charge in [0, 0.05) is 12.5 Å². The van der Waals surface area contributed by atoms with Gasteiger partial charge in [0.05, 0.1) is 23.5 Å². The van der Waals surface area contributed by atoms with Crippen LogP contribution in [0.2, 0.25) is 0 Å². The minimum absolute atomic E-state index is 0.104. The molecule has 2 amide bonds. The molecule has 0 saturated carbocycles. The number of fused-ring (bicyclic) bond motifs is 1. The van der Waals surface area contributed by atoms with Crippen molar-refractivity contribution in [2.75, 3.05) is 0 Å². The van der Waals surface area contributed by atoms with Crippen LogP contribution in [0.25, 0.3) is 11.0 Å². The lowest BCUT2D eigenvalue weighted by Crippen LogP contribution is -2.41. The number of halogens is 3. The number of sulfonamides is 1. The normalized spacial score (nSPS) is 18.8. The second-order valence-electron chi connectivity index (χ2n) is 7.88. The molecule has 1 aliphatic heterocycles. The number of carbonyl (C=O) groups excluding carboxylic acids is 2. The molecule has 1 aromatic heterocycles. The van der Waals surface area contributed by atoms with Crippen LogP contribution in [-0.2, 0) is 26.0 Å². The molecule has 174 valence electrons. The largest absolute Gasteiger partial charge is 0.341 e. The van der Waals surface area contributed by atoms with Crippen molar-refractivity contribution in [1.29, 1.82) is 0 Å². The third kappa shape index (κ3) is 4.70. The Morgan fingerprint density at radius 2 is 2.00 bits per heavy atom. The van der Waals surface area contributed by atoms with Crippen LogP contribution in [0, 0.1) is 5.82 Å². The lowest BCUT2D eigenvalue weighted by Gasteiger charge is -2.20. The monoisotopic (exact) mass is 480 g/mol. The average Bonchev–Trinajstić information content (AvgIpc) is 3.26. The second kappa shape index (κ2) is 8.18. The number of aromatic nitrogens is 2. The fourth-order valence-electron chi connectivity index (χ4n) is 3.66. The smallest absolute Gasteiger partial charge is 0.321 e. The van der Waals surface area contributed by atoms with E-state index in [0.717, 1.165) is 6.07 Å². The van der Waals surface area contributed by atoms with Crippen molar-refractivity contribution in [3.63, 3.8) is 0 Å². The van der Waals surface area contributed by atoms with Crippen molar-refractivity contribution in [3.8, 4) is 0 Å². The van der Waals surface area contributed by atoms with Gasteiger partial charge in [0.15, 0.2) is 0 Å². The molecule has 2 heterocycles. The Labute approximate surface area is 186 Å². The molecule has 12 heteroatoms. The number of amides is 2. The summed E-state index contributed by atoms with van der Waals surface area (Å²) < 4.78 is 67.8. The summed E-state index contributed by atoms with van der Waals surface area (Å²) in [6, 6.07) is 9.59. The molecule has 8 nitrogen and oxygen atoms in total.